The highest BCUT2D eigenvalue weighted by molar-refractivity contribution is 5.91. The number of nitrogens with zero attached hydrogens (tertiary/aromatic N) is 2. The van der Waals surface area contributed by atoms with E-state index in [-0.39, 0.29) is 11.9 Å². The van der Waals surface area contributed by atoms with E-state index < -0.39 is 0 Å². The van der Waals surface area contributed by atoms with Gasteiger partial charge >= 0.3 is 0 Å². The van der Waals surface area contributed by atoms with Crippen LogP contribution in [0.5, 0.6) is 0 Å². The second kappa shape index (κ2) is 6.78. The van der Waals surface area contributed by atoms with Crippen molar-refractivity contribution >= 4 is 17.8 Å². The number of H-pyrrole nitrogens is 1. The number of aromatic nitrogens is 2. The van der Waals surface area contributed by atoms with Crippen LogP contribution in [0.25, 0.3) is 6.08 Å². The third kappa shape index (κ3) is 3.95. The van der Waals surface area contributed by atoms with Crippen molar-refractivity contribution in [2.75, 3.05) is 18.0 Å². The number of furan rings is 1. The lowest BCUT2D eigenvalue weighted by Gasteiger charge is -2.32. The molecule has 1 amide bonds. The van der Waals surface area contributed by atoms with Crippen molar-refractivity contribution in [3.8, 4) is 0 Å². The minimum atomic E-state index is -0.0664. The van der Waals surface area contributed by atoms with E-state index in [9.17, 15) is 4.79 Å². The van der Waals surface area contributed by atoms with E-state index in [4.69, 9.17) is 4.42 Å². The number of nitrogens with one attached hydrogen (secondary N) is 2. The zero-order chi connectivity index (χ0) is 17.2. The van der Waals surface area contributed by atoms with E-state index in [1.165, 1.54) is 18.5 Å². The van der Waals surface area contributed by atoms with E-state index >= 15 is 0 Å². The van der Waals surface area contributed by atoms with E-state index in [2.05, 4.69) is 26.5 Å². The van der Waals surface area contributed by atoms with E-state index in [0.29, 0.717) is 11.7 Å². The van der Waals surface area contributed by atoms with Gasteiger partial charge in [0.2, 0.25) is 5.91 Å². The Morgan fingerprint density at radius 2 is 2.12 bits per heavy atom. The number of hydrogen-bond acceptors (Lipinski definition) is 4. The van der Waals surface area contributed by atoms with Crippen molar-refractivity contribution in [1.29, 1.82) is 0 Å². The van der Waals surface area contributed by atoms with Crippen LogP contribution in [-0.2, 0) is 4.79 Å². The number of hydrogen-bond donors (Lipinski definition) is 2. The first-order chi connectivity index (χ1) is 12.2. The summed E-state index contributed by atoms with van der Waals surface area (Å²) in [7, 11) is 0. The average molecular weight is 340 g/mol. The number of rotatable bonds is 5. The van der Waals surface area contributed by atoms with Crippen molar-refractivity contribution in [3.05, 3.63) is 41.5 Å². The molecule has 25 heavy (non-hydrogen) atoms. The van der Waals surface area contributed by atoms with Gasteiger partial charge in [-0.05, 0) is 50.8 Å². The molecule has 1 saturated carbocycles. The topological polar surface area (TPSA) is 74.2 Å². The van der Waals surface area contributed by atoms with Gasteiger partial charge in [-0.15, -0.1) is 0 Å². The molecule has 2 aliphatic rings. The Hall–Kier alpha value is -2.50. The molecule has 1 aliphatic carbocycles. The van der Waals surface area contributed by atoms with Crippen molar-refractivity contribution in [2.24, 2.45) is 0 Å². The van der Waals surface area contributed by atoms with Gasteiger partial charge in [0.05, 0.1) is 0 Å². The van der Waals surface area contributed by atoms with Gasteiger partial charge in [-0.25, -0.2) is 0 Å². The van der Waals surface area contributed by atoms with Crippen LogP contribution < -0.4 is 10.2 Å². The van der Waals surface area contributed by atoms with Crippen molar-refractivity contribution in [1.82, 2.24) is 15.5 Å². The molecule has 2 fully saturated rings. The predicted molar refractivity (Wildman–Crippen MR) is 96.4 cm³/mol. The van der Waals surface area contributed by atoms with E-state index in [1.807, 2.05) is 19.1 Å². The maximum atomic E-state index is 12.1. The Kier molecular flexibility index (Phi) is 4.34. The normalized spacial score (nSPS) is 18.8. The highest BCUT2D eigenvalue weighted by Gasteiger charge is 2.27. The number of carbonyl (C=O) groups is 1. The van der Waals surface area contributed by atoms with Gasteiger partial charge in [0.15, 0.2) is 5.82 Å². The molecule has 0 atom stereocenters. The van der Waals surface area contributed by atoms with E-state index in [0.717, 1.165) is 37.5 Å². The molecule has 132 valence electrons. The fraction of sp³-hybridized carbons (Fsp3) is 0.474. The third-order valence-corrected chi connectivity index (χ3v) is 4.93. The van der Waals surface area contributed by atoms with Gasteiger partial charge in [0, 0.05) is 42.9 Å². The molecule has 4 rings (SSSR count). The molecule has 2 aromatic heterocycles. The van der Waals surface area contributed by atoms with Gasteiger partial charge in [-0.1, -0.05) is 0 Å². The summed E-state index contributed by atoms with van der Waals surface area (Å²) >= 11 is 0. The maximum Gasteiger partial charge on any atom is 0.244 e. The molecule has 6 nitrogen and oxygen atoms in total. The number of aromatic amines is 1. The summed E-state index contributed by atoms with van der Waals surface area (Å²) in [5.41, 5.74) is 1.27. The SMILES string of the molecule is Cc1ccc(/C=C/C(=O)NC2CCN(c3cc(C4CC4)[nH]n3)CC2)o1. The highest BCUT2D eigenvalue weighted by Crippen LogP contribution is 2.40. The number of carbonyl (C=O) groups excluding carboxylic acids is 1. The second-order valence-corrected chi connectivity index (χ2v) is 7.01. The van der Waals surface area contributed by atoms with Gasteiger partial charge < -0.3 is 14.6 Å². The molecule has 1 aliphatic heterocycles. The van der Waals surface area contributed by atoms with Gasteiger partial charge in [0.25, 0.3) is 0 Å². The molecular weight excluding hydrogens is 316 g/mol. The lowest BCUT2D eigenvalue weighted by Crippen LogP contribution is -2.44. The zero-order valence-electron chi connectivity index (χ0n) is 14.5. The van der Waals surface area contributed by atoms with Crippen LogP contribution in [0, 0.1) is 6.92 Å². The van der Waals surface area contributed by atoms with Crippen molar-refractivity contribution in [3.63, 3.8) is 0 Å². The lowest BCUT2D eigenvalue weighted by molar-refractivity contribution is -0.117. The van der Waals surface area contributed by atoms with Crippen LogP contribution in [0.3, 0.4) is 0 Å². The summed E-state index contributed by atoms with van der Waals surface area (Å²) in [5.74, 6) is 3.22. The van der Waals surface area contributed by atoms with Gasteiger partial charge in [-0.3, -0.25) is 9.89 Å². The molecule has 0 radical (unpaired) electrons. The first-order valence-corrected chi connectivity index (χ1v) is 9.02. The van der Waals surface area contributed by atoms with Crippen LogP contribution in [0.1, 0.15) is 48.8 Å². The smallest absolute Gasteiger partial charge is 0.244 e. The third-order valence-electron chi connectivity index (χ3n) is 4.93. The Labute approximate surface area is 147 Å². The molecule has 0 unspecified atom stereocenters. The molecule has 0 bridgehead atoms. The van der Waals surface area contributed by atoms with Gasteiger partial charge in [0.1, 0.15) is 11.5 Å². The summed E-state index contributed by atoms with van der Waals surface area (Å²) in [6.45, 7) is 3.72. The molecule has 1 saturated heterocycles. The number of aryl methyl sites for hydroxylation is 1. The molecule has 3 heterocycles. The first kappa shape index (κ1) is 16.0. The summed E-state index contributed by atoms with van der Waals surface area (Å²) in [6, 6.07) is 6.15. The molecule has 2 aromatic rings. The van der Waals surface area contributed by atoms with Crippen LogP contribution >= 0.6 is 0 Å². The molecule has 6 heteroatoms. The monoisotopic (exact) mass is 340 g/mol. The predicted octanol–water partition coefficient (Wildman–Crippen LogP) is 2.99. The number of anilines is 1. The number of amides is 1. The second-order valence-electron chi connectivity index (χ2n) is 7.01. The quantitative estimate of drug-likeness (QED) is 0.821. The van der Waals surface area contributed by atoms with Crippen LogP contribution in [-0.4, -0.2) is 35.2 Å². The Morgan fingerprint density at radius 1 is 1.32 bits per heavy atom. The number of piperidine rings is 1. The summed E-state index contributed by atoms with van der Waals surface area (Å²) in [5, 5.41) is 10.7. The maximum absolute atomic E-state index is 12.1. The van der Waals surface area contributed by atoms with Crippen molar-refractivity contribution in [2.45, 2.75) is 44.6 Å². The highest BCUT2D eigenvalue weighted by atomic mass is 16.3. The summed E-state index contributed by atoms with van der Waals surface area (Å²) in [6.07, 6.45) is 7.68. The first-order valence-electron chi connectivity index (χ1n) is 9.02. The van der Waals surface area contributed by atoms with Crippen LogP contribution in [0.2, 0.25) is 0 Å². The fourth-order valence-corrected chi connectivity index (χ4v) is 3.29. The Bertz CT molecular complexity index is 764. The minimum absolute atomic E-state index is 0.0664. The zero-order valence-corrected chi connectivity index (χ0v) is 14.5. The van der Waals surface area contributed by atoms with Crippen LogP contribution in [0.4, 0.5) is 5.82 Å². The Morgan fingerprint density at radius 3 is 2.80 bits per heavy atom. The summed E-state index contributed by atoms with van der Waals surface area (Å²) < 4.78 is 5.43. The molecule has 0 aromatic carbocycles. The van der Waals surface area contributed by atoms with Crippen molar-refractivity contribution < 1.29 is 9.21 Å². The fourth-order valence-electron chi connectivity index (χ4n) is 3.29. The van der Waals surface area contributed by atoms with E-state index in [1.54, 1.807) is 12.2 Å². The standard InChI is InChI=1S/C19H24N4O2/c1-13-2-5-16(25-13)6-7-19(24)20-15-8-10-23(11-9-15)18-12-17(21-22-18)14-3-4-14/h2,5-7,12,14-15H,3-4,8-11H2,1H3,(H,20,24)(H,21,22)/b7-6+. The Balaban J connectivity index is 1.25. The minimum Gasteiger partial charge on any atom is -0.462 e. The van der Waals surface area contributed by atoms with Gasteiger partial charge in [-0.2, -0.15) is 5.10 Å². The molecule has 0 spiro atoms. The molecule has 2 N–H and O–H groups in total. The largest absolute Gasteiger partial charge is 0.462 e. The molecular formula is C19H24N4O2. The lowest BCUT2D eigenvalue weighted by atomic mass is 10.0. The van der Waals surface area contributed by atoms with Crippen LogP contribution in [0.15, 0.2) is 28.7 Å². The average Bonchev–Trinajstić information content (AvgIpc) is 3.19. The summed E-state index contributed by atoms with van der Waals surface area (Å²) in [4.78, 5) is 14.4.